The summed E-state index contributed by atoms with van der Waals surface area (Å²) in [7, 11) is 0. The second kappa shape index (κ2) is 4.48. The molecule has 5 rings (SSSR count). The van der Waals surface area contributed by atoms with Gasteiger partial charge in [0.15, 0.2) is 0 Å². The van der Waals surface area contributed by atoms with E-state index in [9.17, 15) is 9.59 Å². The highest BCUT2D eigenvalue weighted by Crippen LogP contribution is 2.63. The van der Waals surface area contributed by atoms with Crippen molar-refractivity contribution in [2.75, 3.05) is 0 Å². The summed E-state index contributed by atoms with van der Waals surface area (Å²) in [5.74, 6) is 2.42. The lowest BCUT2D eigenvalue weighted by molar-refractivity contribution is -0.0802. The predicted octanol–water partition coefficient (Wildman–Crippen LogP) is 2.97. The molecule has 4 saturated carbocycles. The molecule has 1 N–H and O–H groups in total. The molecule has 4 fully saturated rings. The Balaban J connectivity index is 1.77. The van der Waals surface area contributed by atoms with Crippen molar-refractivity contribution in [1.82, 2.24) is 9.55 Å². The second-order valence-electron chi connectivity index (χ2n) is 7.59. The van der Waals surface area contributed by atoms with E-state index in [1.165, 1.54) is 49.2 Å². The molecule has 5 heteroatoms. The van der Waals surface area contributed by atoms with E-state index in [0.29, 0.717) is 0 Å². The molecule has 4 aliphatic carbocycles. The van der Waals surface area contributed by atoms with Gasteiger partial charge < -0.3 is 0 Å². The van der Waals surface area contributed by atoms with Crippen molar-refractivity contribution in [1.29, 1.82) is 0 Å². The van der Waals surface area contributed by atoms with Crippen molar-refractivity contribution in [3.05, 3.63) is 32.1 Å². The van der Waals surface area contributed by atoms with Gasteiger partial charge in [-0.05, 0) is 68.6 Å². The average molecular weight is 309 g/mol. The number of H-pyrrole nitrogens is 1. The van der Waals surface area contributed by atoms with Gasteiger partial charge in [0, 0.05) is 12.1 Å². The molecule has 4 aliphatic rings. The first-order valence-electron chi connectivity index (χ1n) is 7.98. The number of halogens is 1. The maximum Gasteiger partial charge on any atom is 0.329 e. The summed E-state index contributed by atoms with van der Waals surface area (Å²) in [6, 6.07) is 1.28. The molecule has 0 aromatic carbocycles. The largest absolute Gasteiger partial charge is 0.329 e. The lowest BCUT2D eigenvalue weighted by Gasteiger charge is -2.59. The van der Waals surface area contributed by atoms with E-state index in [4.69, 9.17) is 11.6 Å². The summed E-state index contributed by atoms with van der Waals surface area (Å²) in [5.41, 5.74) is -0.498. The number of hydrogen-bond donors (Lipinski definition) is 1. The molecule has 0 radical (unpaired) electrons. The summed E-state index contributed by atoms with van der Waals surface area (Å²) in [5, 5.41) is 0.124. The van der Waals surface area contributed by atoms with Crippen LogP contribution in [0.4, 0.5) is 0 Å². The molecule has 0 spiro atoms. The van der Waals surface area contributed by atoms with Crippen LogP contribution >= 0.6 is 11.6 Å². The van der Waals surface area contributed by atoms with Crippen LogP contribution in [-0.4, -0.2) is 9.55 Å². The number of aromatic nitrogens is 2. The van der Waals surface area contributed by atoms with Gasteiger partial charge in [-0.2, -0.15) is 0 Å². The Kier molecular flexibility index (Phi) is 2.91. The van der Waals surface area contributed by atoms with Crippen LogP contribution in [0.5, 0.6) is 0 Å². The van der Waals surface area contributed by atoms with Gasteiger partial charge in [0.1, 0.15) is 5.15 Å². The summed E-state index contributed by atoms with van der Waals surface area (Å²) >= 11 is 5.78. The van der Waals surface area contributed by atoms with Crippen LogP contribution < -0.4 is 11.2 Å². The molecule has 4 bridgehead atoms. The Morgan fingerprint density at radius 2 is 1.71 bits per heavy atom. The van der Waals surface area contributed by atoms with Crippen LogP contribution in [0.1, 0.15) is 51.5 Å². The quantitative estimate of drug-likeness (QED) is 0.854. The third-order valence-electron chi connectivity index (χ3n) is 6.29. The Hall–Kier alpha value is -1.03. The smallest absolute Gasteiger partial charge is 0.298 e. The molecule has 1 atom stereocenters. The average Bonchev–Trinajstić information content (AvgIpc) is 2.35. The van der Waals surface area contributed by atoms with Gasteiger partial charge in [-0.3, -0.25) is 14.3 Å². The highest BCUT2D eigenvalue weighted by atomic mass is 35.5. The van der Waals surface area contributed by atoms with Crippen molar-refractivity contribution in [3.63, 3.8) is 0 Å². The van der Waals surface area contributed by atoms with E-state index in [0.717, 1.165) is 17.8 Å². The number of nitrogens with zero attached hydrogens (tertiary/aromatic N) is 1. The monoisotopic (exact) mass is 308 g/mol. The lowest BCUT2D eigenvalue weighted by atomic mass is 9.48. The summed E-state index contributed by atoms with van der Waals surface area (Å²) < 4.78 is 1.40. The van der Waals surface area contributed by atoms with Gasteiger partial charge in [-0.1, -0.05) is 11.6 Å². The fraction of sp³-hybridized carbons (Fsp3) is 0.750. The standard InChI is InChI=1S/C16H21ClN2O2/c1-9(19-14(20)5-13(17)18-15(19)21)16-6-10-2-11(7-16)4-12(3-10)8-16/h5,9-12H,2-4,6-8H2,1H3,(H,18,21). The van der Waals surface area contributed by atoms with E-state index in [1.807, 2.05) is 0 Å². The van der Waals surface area contributed by atoms with Crippen LogP contribution in [0, 0.1) is 23.2 Å². The van der Waals surface area contributed by atoms with Gasteiger partial charge in [0.25, 0.3) is 5.56 Å². The number of rotatable bonds is 2. The molecule has 1 aromatic rings. The number of hydrogen-bond acceptors (Lipinski definition) is 2. The number of aromatic amines is 1. The molecule has 1 heterocycles. The third kappa shape index (κ3) is 2.02. The zero-order valence-electron chi connectivity index (χ0n) is 12.3. The van der Waals surface area contributed by atoms with E-state index in [1.54, 1.807) is 0 Å². The molecule has 1 aromatic heterocycles. The molecule has 21 heavy (non-hydrogen) atoms. The van der Waals surface area contributed by atoms with E-state index >= 15 is 0 Å². The van der Waals surface area contributed by atoms with Crippen LogP contribution in [0.25, 0.3) is 0 Å². The Labute approximate surface area is 128 Å². The van der Waals surface area contributed by atoms with Crippen LogP contribution in [0.2, 0.25) is 5.15 Å². The normalized spacial score (nSPS) is 38.7. The molecule has 0 amide bonds. The summed E-state index contributed by atoms with van der Waals surface area (Å²) in [6.07, 6.45) is 7.60. The molecule has 4 nitrogen and oxygen atoms in total. The molecular weight excluding hydrogens is 288 g/mol. The SMILES string of the molecule is CC(n1c(=O)cc(Cl)[nH]c1=O)C12CC3CC(CC(C3)C1)C2. The van der Waals surface area contributed by atoms with Crippen molar-refractivity contribution in [2.24, 2.45) is 23.2 Å². The van der Waals surface area contributed by atoms with E-state index in [2.05, 4.69) is 11.9 Å². The predicted molar refractivity (Wildman–Crippen MR) is 81.6 cm³/mol. The molecular formula is C16H21ClN2O2. The van der Waals surface area contributed by atoms with Crippen molar-refractivity contribution in [3.8, 4) is 0 Å². The fourth-order valence-electron chi connectivity index (χ4n) is 5.81. The van der Waals surface area contributed by atoms with Gasteiger partial charge >= 0.3 is 5.69 Å². The Bertz CT molecular complexity index is 624. The van der Waals surface area contributed by atoms with Crippen LogP contribution in [-0.2, 0) is 0 Å². The Morgan fingerprint density at radius 3 is 2.19 bits per heavy atom. The van der Waals surface area contributed by atoms with Gasteiger partial charge in [-0.25, -0.2) is 4.79 Å². The topological polar surface area (TPSA) is 54.9 Å². The van der Waals surface area contributed by atoms with Crippen molar-refractivity contribution < 1.29 is 0 Å². The third-order valence-corrected chi connectivity index (χ3v) is 6.50. The Morgan fingerprint density at radius 1 is 1.19 bits per heavy atom. The minimum Gasteiger partial charge on any atom is -0.298 e. The molecule has 0 saturated heterocycles. The first kappa shape index (κ1) is 13.6. The fourth-order valence-corrected chi connectivity index (χ4v) is 5.98. The molecule has 114 valence electrons. The van der Waals surface area contributed by atoms with Crippen LogP contribution in [0.15, 0.2) is 15.7 Å². The van der Waals surface area contributed by atoms with Gasteiger partial charge in [0.2, 0.25) is 0 Å². The first-order chi connectivity index (χ1) is 9.97. The zero-order chi connectivity index (χ0) is 14.8. The maximum absolute atomic E-state index is 12.3. The highest BCUT2D eigenvalue weighted by molar-refractivity contribution is 6.29. The van der Waals surface area contributed by atoms with Crippen molar-refractivity contribution >= 4 is 11.6 Å². The summed E-state index contributed by atoms with van der Waals surface area (Å²) in [4.78, 5) is 27.0. The minimum absolute atomic E-state index is 0.0422. The van der Waals surface area contributed by atoms with Gasteiger partial charge in [-0.15, -0.1) is 0 Å². The number of nitrogens with one attached hydrogen (secondary N) is 1. The summed E-state index contributed by atoms with van der Waals surface area (Å²) in [6.45, 7) is 2.05. The highest BCUT2D eigenvalue weighted by Gasteiger charge is 2.53. The minimum atomic E-state index is -0.365. The molecule has 1 unspecified atom stereocenters. The first-order valence-corrected chi connectivity index (χ1v) is 8.36. The second-order valence-corrected chi connectivity index (χ2v) is 7.99. The maximum atomic E-state index is 12.3. The van der Waals surface area contributed by atoms with Crippen molar-refractivity contribution in [2.45, 2.75) is 51.5 Å². The van der Waals surface area contributed by atoms with Gasteiger partial charge in [0.05, 0.1) is 0 Å². The van der Waals surface area contributed by atoms with E-state index in [-0.39, 0.29) is 27.9 Å². The lowest BCUT2D eigenvalue weighted by Crippen LogP contribution is -2.52. The van der Waals surface area contributed by atoms with Crippen LogP contribution in [0.3, 0.4) is 0 Å². The zero-order valence-corrected chi connectivity index (χ0v) is 13.0. The van der Waals surface area contributed by atoms with E-state index < -0.39 is 0 Å². The molecule has 0 aliphatic heterocycles.